The van der Waals surface area contributed by atoms with Crippen molar-refractivity contribution >= 4 is 17.7 Å². The van der Waals surface area contributed by atoms with E-state index in [1.54, 1.807) is 12.5 Å². The van der Waals surface area contributed by atoms with Crippen LogP contribution in [0.5, 0.6) is 0 Å². The second-order valence-electron chi connectivity index (χ2n) is 7.96. The Morgan fingerprint density at radius 2 is 1.63 bits per heavy atom. The summed E-state index contributed by atoms with van der Waals surface area (Å²) in [5, 5.41) is 0. The van der Waals surface area contributed by atoms with E-state index in [2.05, 4.69) is 19.9 Å². The van der Waals surface area contributed by atoms with Crippen molar-refractivity contribution in [2.24, 2.45) is 11.8 Å². The summed E-state index contributed by atoms with van der Waals surface area (Å²) in [5.74, 6) is 2.56. The monoisotopic (exact) mass is 412 g/mol. The van der Waals surface area contributed by atoms with E-state index in [9.17, 15) is 9.59 Å². The average Bonchev–Trinajstić information content (AvgIpc) is 3.24. The molecule has 2 saturated heterocycles. The fourth-order valence-electron chi connectivity index (χ4n) is 4.38. The molecule has 30 heavy (non-hydrogen) atoms. The van der Waals surface area contributed by atoms with Crippen molar-refractivity contribution in [1.82, 2.24) is 24.4 Å². The van der Waals surface area contributed by atoms with Crippen LogP contribution in [0.1, 0.15) is 31.5 Å². The summed E-state index contributed by atoms with van der Waals surface area (Å²) in [6.45, 7) is 4.78. The van der Waals surface area contributed by atoms with Crippen molar-refractivity contribution < 1.29 is 14.3 Å². The molecule has 160 valence electrons. The van der Waals surface area contributed by atoms with Crippen molar-refractivity contribution in [3.8, 4) is 5.82 Å². The summed E-state index contributed by atoms with van der Waals surface area (Å²) in [6, 6.07) is 1.97. The van der Waals surface area contributed by atoms with Gasteiger partial charge in [-0.3, -0.25) is 14.2 Å². The van der Waals surface area contributed by atoms with Gasteiger partial charge in [-0.2, -0.15) is 0 Å². The number of methoxy groups -OCH3 is 1. The first-order valence-corrected chi connectivity index (χ1v) is 10.5. The highest BCUT2D eigenvalue weighted by Crippen LogP contribution is 2.26. The van der Waals surface area contributed by atoms with E-state index in [1.807, 2.05) is 28.7 Å². The zero-order valence-electron chi connectivity index (χ0n) is 17.5. The lowest BCUT2D eigenvalue weighted by Gasteiger charge is -2.37. The highest BCUT2D eigenvalue weighted by molar-refractivity contribution is 5.80. The number of esters is 1. The molecule has 0 aliphatic carbocycles. The first kappa shape index (κ1) is 20.3. The Bertz CT molecular complexity index is 898. The number of carbonyl (C=O) groups is 2. The van der Waals surface area contributed by atoms with Crippen molar-refractivity contribution in [3.63, 3.8) is 0 Å². The largest absolute Gasteiger partial charge is 0.469 e. The molecule has 0 bridgehead atoms. The fourth-order valence-corrected chi connectivity index (χ4v) is 4.38. The van der Waals surface area contributed by atoms with Gasteiger partial charge in [-0.05, 0) is 32.6 Å². The standard InChI is InChI=1S/C21H28N6O3/c1-15-22-7-12-27(15)19-13-18(23-14-24-19)25-8-3-16(4-9-25)20(28)26-10-5-17(6-11-26)21(29)30-2/h7,12-14,16-17H,3-6,8-11H2,1-2H3. The molecule has 4 heterocycles. The molecule has 9 nitrogen and oxygen atoms in total. The number of amides is 1. The predicted octanol–water partition coefficient (Wildman–Crippen LogP) is 1.60. The molecule has 0 atom stereocenters. The van der Waals surface area contributed by atoms with Gasteiger partial charge >= 0.3 is 5.97 Å². The van der Waals surface area contributed by atoms with Gasteiger partial charge in [0.2, 0.25) is 5.91 Å². The Morgan fingerprint density at radius 1 is 0.967 bits per heavy atom. The quantitative estimate of drug-likeness (QED) is 0.704. The topological polar surface area (TPSA) is 93.5 Å². The second kappa shape index (κ2) is 8.81. The molecular formula is C21H28N6O3. The molecule has 2 aliphatic rings. The second-order valence-corrected chi connectivity index (χ2v) is 7.96. The van der Waals surface area contributed by atoms with Crippen LogP contribution in [0.25, 0.3) is 5.82 Å². The maximum absolute atomic E-state index is 12.9. The summed E-state index contributed by atoms with van der Waals surface area (Å²) in [7, 11) is 1.42. The van der Waals surface area contributed by atoms with E-state index in [4.69, 9.17) is 4.74 Å². The van der Waals surface area contributed by atoms with Crippen LogP contribution in [0.3, 0.4) is 0 Å². The number of piperidine rings is 2. The number of aromatic nitrogens is 4. The fraction of sp³-hybridized carbons (Fsp3) is 0.571. The van der Waals surface area contributed by atoms with Crippen LogP contribution in [0.15, 0.2) is 24.8 Å². The maximum Gasteiger partial charge on any atom is 0.308 e. The molecule has 0 unspecified atom stereocenters. The minimum absolute atomic E-state index is 0.0353. The molecule has 1 amide bonds. The minimum atomic E-state index is -0.162. The summed E-state index contributed by atoms with van der Waals surface area (Å²) in [4.78, 5) is 41.8. The third kappa shape index (κ3) is 4.15. The molecule has 2 fully saturated rings. The van der Waals surface area contributed by atoms with E-state index in [0.717, 1.165) is 43.4 Å². The summed E-state index contributed by atoms with van der Waals surface area (Å²) in [5.41, 5.74) is 0. The minimum Gasteiger partial charge on any atom is -0.469 e. The van der Waals surface area contributed by atoms with Crippen LogP contribution < -0.4 is 4.90 Å². The smallest absolute Gasteiger partial charge is 0.308 e. The number of anilines is 1. The van der Waals surface area contributed by atoms with Gasteiger partial charge in [0.25, 0.3) is 0 Å². The molecule has 0 spiro atoms. The van der Waals surface area contributed by atoms with Crippen LogP contribution in [-0.4, -0.2) is 69.6 Å². The number of hydrogen-bond donors (Lipinski definition) is 0. The summed E-state index contributed by atoms with van der Waals surface area (Å²) >= 11 is 0. The lowest BCUT2D eigenvalue weighted by molar-refractivity contribution is -0.149. The Labute approximate surface area is 176 Å². The van der Waals surface area contributed by atoms with Crippen LogP contribution in [0, 0.1) is 18.8 Å². The summed E-state index contributed by atoms with van der Waals surface area (Å²) in [6.07, 6.45) is 8.20. The first-order chi connectivity index (χ1) is 14.6. The van der Waals surface area contributed by atoms with E-state index in [1.165, 1.54) is 7.11 Å². The SMILES string of the molecule is COC(=O)C1CCN(C(=O)C2CCN(c3cc(-n4ccnc4C)ncn3)CC2)CC1. The zero-order chi connectivity index (χ0) is 21.1. The van der Waals surface area contributed by atoms with Crippen LogP contribution in [-0.2, 0) is 14.3 Å². The molecule has 2 aromatic rings. The van der Waals surface area contributed by atoms with Crippen LogP contribution >= 0.6 is 0 Å². The predicted molar refractivity (Wildman–Crippen MR) is 110 cm³/mol. The Balaban J connectivity index is 1.33. The van der Waals surface area contributed by atoms with E-state index in [-0.39, 0.29) is 23.7 Å². The molecule has 9 heteroatoms. The van der Waals surface area contributed by atoms with Crippen molar-refractivity contribution in [2.75, 3.05) is 38.2 Å². The zero-order valence-corrected chi connectivity index (χ0v) is 17.5. The van der Waals surface area contributed by atoms with Crippen molar-refractivity contribution in [3.05, 3.63) is 30.6 Å². The number of rotatable bonds is 4. The van der Waals surface area contributed by atoms with Crippen LogP contribution in [0.2, 0.25) is 0 Å². The third-order valence-corrected chi connectivity index (χ3v) is 6.22. The number of likely N-dealkylation sites (tertiary alicyclic amines) is 1. The van der Waals surface area contributed by atoms with Gasteiger partial charge in [0.1, 0.15) is 23.8 Å². The van der Waals surface area contributed by atoms with Crippen molar-refractivity contribution in [1.29, 1.82) is 0 Å². The molecule has 2 aliphatic heterocycles. The molecule has 4 rings (SSSR count). The highest BCUT2D eigenvalue weighted by atomic mass is 16.5. The number of imidazole rings is 1. The Morgan fingerprint density at radius 3 is 2.27 bits per heavy atom. The number of carbonyl (C=O) groups excluding carboxylic acids is 2. The van der Waals surface area contributed by atoms with E-state index in [0.29, 0.717) is 25.9 Å². The third-order valence-electron chi connectivity index (χ3n) is 6.22. The maximum atomic E-state index is 12.9. The molecule has 0 radical (unpaired) electrons. The van der Waals surface area contributed by atoms with Gasteiger partial charge in [-0.25, -0.2) is 15.0 Å². The highest BCUT2D eigenvalue weighted by Gasteiger charge is 2.33. The average molecular weight is 412 g/mol. The van der Waals surface area contributed by atoms with Gasteiger partial charge < -0.3 is 14.5 Å². The first-order valence-electron chi connectivity index (χ1n) is 10.5. The Kier molecular flexibility index (Phi) is 5.96. The molecule has 2 aromatic heterocycles. The van der Waals surface area contributed by atoms with Gasteiger partial charge in [-0.1, -0.05) is 0 Å². The lowest BCUT2D eigenvalue weighted by atomic mass is 9.92. The molecular weight excluding hydrogens is 384 g/mol. The molecule has 0 saturated carbocycles. The number of hydrogen-bond acceptors (Lipinski definition) is 7. The molecule has 0 aromatic carbocycles. The van der Waals surface area contributed by atoms with Gasteiger partial charge in [0.15, 0.2) is 0 Å². The summed E-state index contributed by atoms with van der Waals surface area (Å²) < 4.78 is 6.76. The Hall–Kier alpha value is -2.97. The van der Waals surface area contributed by atoms with Gasteiger partial charge in [0, 0.05) is 50.6 Å². The normalized spacial score (nSPS) is 18.5. The van der Waals surface area contributed by atoms with E-state index < -0.39 is 0 Å². The lowest BCUT2D eigenvalue weighted by Crippen LogP contribution is -2.46. The van der Waals surface area contributed by atoms with Crippen molar-refractivity contribution in [2.45, 2.75) is 32.6 Å². The molecule has 0 N–H and O–H groups in total. The van der Waals surface area contributed by atoms with Gasteiger partial charge in [-0.15, -0.1) is 0 Å². The van der Waals surface area contributed by atoms with E-state index >= 15 is 0 Å². The number of ether oxygens (including phenoxy) is 1. The number of aryl methyl sites for hydroxylation is 1. The van der Waals surface area contributed by atoms with Gasteiger partial charge in [0.05, 0.1) is 13.0 Å². The van der Waals surface area contributed by atoms with Crippen LogP contribution in [0.4, 0.5) is 5.82 Å². The number of nitrogens with zero attached hydrogens (tertiary/aromatic N) is 6.